The monoisotopic (exact) mass is 351 g/mol. The summed E-state index contributed by atoms with van der Waals surface area (Å²) in [5.41, 5.74) is 3.84. The molecule has 1 amide bonds. The maximum atomic E-state index is 13.0. The lowest BCUT2D eigenvalue weighted by Crippen LogP contribution is -3.28. The van der Waals surface area contributed by atoms with E-state index in [2.05, 4.69) is 55.5 Å². The average Bonchev–Trinajstić information content (AvgIpc) is 3.00. The van der Waals surface area contributed by atoms with E-state index in [1.807, 2.05) is 11.0 Å². The largest absolute Gasteiger partial charge is 0.322 e. The summed E-state index contributed by atoms with van der Waals surface area (Å²) < 4.78 is 0. The topological polar surface area (TPSA) is 29.2 Å². The van der Waals surface area contributed by atoms with Gasteiger partial charge in [0.15, 0.2) is 6.54 Å². The number of benzene rings is 2. The molecule has 136 valence electrons. The molecule has 0 unspecified atom stereocenters. The van der Waals surface area contributed by atoms with Gasteiger partial charge in [-0.15, -0.1) is 0 Å². The molecule has 2 heterocycles. The van der Waals surface area contributed by atoms with Gasteiger partial charge in [0.2, 0.25) is 0 Å². The zero-order valence-corrected chi connectivity index (χ0v) is 15.6. The summed E-state index contributed by atoms with van der Waals surface area (Å²) in [5, 5.41) is 0. The number of anilines is 1. The molecule has 1 atom stereocenters. The second kappa shape index (κ2) is 7.60. The number of carbonyl (C=O) groups excluding carboxylic acids is 1. The highest BCUT2D eigenvalue weighted by molar-refractivity contribution is 5.96. The van der Waals surface area contributed by atoms with E-state index >= 15 is 0 Å². The van der Waals surface area contributed by atoms with E-state index in [0.717, 1.165) is 44.8 Å². The molecule has 0 spiro atoms. The van der Waals surface area contributed by atoms with E-state index in [1.165, 1.54) is 16.0 Å². The summed E-state index contributed by atoms with van der Waals surface area (Å²) in [7, 11) is 0. The number of nitrogens with zero attached hydrogens (tertiary/aromatic N) is 1. The molecule has 0 aliphatic carbocycles. The van der Waals surface area contributed by atoms with Crippen LogP contribution in [0.5, 0.6) is 0 Å². The third kappa shape index (κ3) is 3.67. The van der Waals surface area contributed by atoms with Gasteiger partial charge in [0.25, 0.3) is 5.91 Å². The summed E-state index contributed by atoms with van der Waals surface area (Å²) in [5.74, 6) is 0.281. The molecule has 2 aromatic carbocycles. The molecule has 4 rings (SSSR count). The average molecular weight is 351 g/mol. The third-order valence-corrected chi connectivity index (χ3v) is 5.84. The SMILES string of the molecule is C[C@H]1Cc2ccccc2N1C(=O)C[NH+]1CC[NH+](Cc2ccccc2)CC1. The van der Waals surface area contributed by atoms with Crippen molar-refractivity contribution in [1.29, 1.82) is 0 Å². The van der Waals surface area contributed by atoms with Gasteiger partial charge in [0.1, 0.15) is 32.7 Å². The Kier molecular flexibility index (Phi) is 5.05. The van der Waals surface area contributed by atoms with Crippen molar-refractivity contribution in [1.82, 2.24) is 0 Å². The molecule has 2 aliphatic heterocycles. The van der Waals surface area contributed by atoms with Crippen LogP contribution >= 0.6 is 0 Å². The first kappa shape index (κ1) is 17.3. The summed E-state index contributed by atoms with van der Waals surface area (Å²) in [4.78, 5) is 18.1. The van der Waals surface area contributed by atoms with Crippen molar-refractivity contribution in [3.63, 3.8) is 0 Å². The Bertz CT molecular complexity index is 753. The normalized spacial score (nSPS) is 25.1. The van der Waals surface area contributed by atoms with Gasteiger partial charge in [0.05, 0.1) is 0 Å². The first-order valence-electron chi connectivity index (χ1n) is 9.82. The Hall–Kier alpha value is -2.17. The summed E-state index contributed by atoms with van der Waals surface area (Å²) >= 11 is 0. The van der Waals surface area contributed by atoms with Gasteiger partial charge >= 0.3 is 0 Å². The van der Waals surface area contributed by atoms with Crippen LogP contribution in [0.3, 0.4) is 0 Å². The number of quaternary nitrogens is 2. The van der Waals surface area contributed by atoms with Gasteiger partial charge in [-0.25, -0.2) is 0 Å². The molecule has 0 bridgehead atoms. The van der Waals surface area contributed by atoms with Crippen LogP contribution in [0.1, 0.15) is 18.1 Å². The van der Waals surface area contributed by atoms with E-state index in [4.69, 9.17) is 0 Å². The number of para-hydroxylation sites is 1. The smallest absolute Gasteiger partial charge is 0.282 e. The van der Waals surface area contributed by atoms with Crippen LogP contribution in [0.15, 0.2) is 54.6 Å². The van der Waals surface area contributed by atoms with Crippen LogP contribution in [-0.2, 0) is 17.8 Å². The van der Waals surface area contributed by atoms with E-state index < -0.39 is 0 Å². The zero-order chi connectivity index (χ0) is 17.9. The van der Waals surface area contributed by atoms with E-state index in [0.29, 0.717) is 6.54 Å². The maximum Gasteiger partial charge on any atom is 0.282 e. The van der Waals surface area contributed by atoms with E-state index in [9.17, 15) is 4.79 Å². The molecule has 26 heavy (non-hydrogen) atoms. The van der Waals surface area contributed by atoms with Gasteiger partial charge in [-0.2, -0.15) is 0 Å². The number of nitrogens with one attached hydrogen (secondary N) is 2. The summed E-state index contributed by atoms with van der Waals surface area (Å²) in [6, 6.07) is 19.4. The van der Waals surface area contributed by atoms with Gasteiger partial charge in [-0.05, 0) is 25.0 Å². The van der Waals surface area contributed by atoms with Gasteiger partial charge in [0, 0.05) is 17.3 Å². The minimum Gasteiger partial charge on any atom is -0.322 e. The highest BCUT2D eigenvalue weighted by Gasteiger charge is 2.33. The van der Waals surface area contributed by atoms with Crippen molar-refractivity contribution in [2.45, 2.75) is 25.9 Å². The molecule has 2 aliphatic rings. The van der Waals surface area contributed by atoms with Crippen LogP contribution in [0.2, 0.25) is 0 Å². The molecule has 0 radical (unpaired) electrons. The fourth-order valence-electron chi connectivity index (χ4n) is 4.44. The molecule has 4 nitrogen and oxygen atoms in total. The molecular weight excluding hydrogens is 322 g/mol. The lowest BCUT2D eigenvalue weighted by atomic mass is 10.1. The van der Waals surface area contributed by atoms with Gasteiger partial charge < -0.3 is 14.7 Å². The number of hydrogen-bond acceptors (Lipinski definition) is 1. The quantitative estimate of drug-likeness (QED) is 0.795. The fourth-order valence-corrected chi connectivity index (χ4v) is 4.44. The first-order valence-corrected chi connectivity index (χ1v) is 9.82. The predicted molar refractivity (Wildman–Crippen MR) is 104 cm³/mol. The minimum atomic E-state index is 0.281. The van der Waals surface area contributed by atoms with Crippen molar-refractivity contribution in [2.75, 3.05) is 37.6 Å². The fraction of sp³-hybridized carbons (Fsp3) is 0.409. The van der Waals surface area contributed by atoms with Gasteiger partial charge in [-0.1, -0.05) is 48.5 Å². The zero-order valence-electron chi connectivity index (χ0n) is 15.6. The lowest BCUT2D eigenvalue weighted by Gasteiger charge is -2.31. The van der Waals surface area contributed by atoms with E-state index in [1.54, 1.807) is 4.90 Å². The van der Waals surface area contributed by atoms with Crippen molar-refractivity contribution >= 4 is 11.6 Å². The molecule has 2 aromatic rings. The molecule has 2 N–H and O–H groups in total. The second-order valence-electron chi connectivity index (χ2n) is 7.78. The predicted octanol–water partition coefficient (Wildman–Crippen LogP) is -0.0522. The highest BCUT2D eigenvalue weighted by Crippen LogP contribution is 2.31. The van der Waals surface area contributed by atoms with Crippen molar-refractivity contribution < 1.29 is 14.6 Å². The summed E-state index contributed by atoms with van der Waals surface area (Å²) in [6.45, 7) is 8.33. The Morgan fingerprint density at radius 3 is 2.38 bits per heavy atom. The number of amides is 1. The Morgan fingerprint density at radius 2 is 1.62 bits per heavy atom. The third-order valence-electron chi connectivity index (χ3n) is 5.84. The lowest BCUT2D eigenvalue weighted by molar-refractivity contribution is -1.02. The molecule has 0 aromatic heterocycles. The van der Waals surface area contributed by atoms with Gasteiger partial charge in [-0.3, -0.25) is 4.79 Å². The van der Waals surface area contributed by atoms with E-state index in [-0.39, 0.29) is 11.9 Å². The minimum absolute atomic E-state index is 0.281. The maximum absolute atomic E-state index is 13.0. The number of carbonyl (C=O) groups is 1. The summed E-state index contributed by atoms with van der Waals surface area (Å²) in [6.07, 6.45) is 0.978. The molecule has 0 saturated carbocycles. The van der Waals surface area contributed by atoms with Crippen molar-refractivity contribution in [2.24, 2.45) is 0 Å². The molecule has 1 saturated heterocycles. The number of rotatable bonds is 4. The number of hydrogen-bond donors (Lipinski definition) is 2. The standard InChI is InChI=1S/C22H27N3O/c1-18-15-20-9-5-6-10-21(20)25(18)22(26)17-24-13-11-23(12-14-24)16-19-7-3-2-4-8-19/h2-10,18H,11-17H2,1H3/p+2/t18-/m0/s1. The number of fused-ring (bicyclic) bond motifs is 1. The van der Waals surface area contributed by atoms with Crippen LogP contribution in [0.25, 0.3) is 0 Å². The Morgan fingerprint density at radius 1 is 0.962 bits per heavy atom. The number of piperazine rings is 1. The molecule has 4 heteroatoms. The Labute approximate surface area is 156 Å². The molecular formula is C22H29N3O+2. The first-order chi connectivity index (χ1) is 12.7. The van der Waals surface area contributed by atoms with Crippen LogP contribution in [0.4, 0.5) is 5.69 Å². The van der Waals surface area contributed by atoms with Crippen LogP contribution in [-0.4, -0.2) is 44.7 Å². The van der Waals surface area contributed by atoms with Crippen molar-refractivity contribution in [3.05, 3.63) is 65.7 Å². The second-order valence-corrected chi connectivity index (χ2v) is 7.78. The van der Waals surface area contributed by atoms with Crippen LogP contribution in [0, 0.1) is 0 Å². The van der Waals surface area contributed by atoms with Crippen LogP contribution < -0.4 is 14.7 Å². The molecule has 1 fully saturated rings. The Balaban J connectivity index is 1.31. The highest BCUT2D eigenvalue weighted by atomic mass is 16.2. The van der Waals surface area contributed by atoms with Crippen molar-refractivity contribution in [3.8, 4) is 0 Å².